The number of nitrogens with zero attached hydrogens (tertiary/aromatic N) is 3. The molecule has 1 saturated heterocycles. The molecule has 0 aliphatic carbocycles. The van der Waals surface area contributed by atoms with Crippen LogP contribution in [0.3, 0.4) is 0 Å². The summed E-state index contributed by atoms with van der Waals surface area (Å²) in [5.74, 6) is 0.261. The maximum Gasteiger partial charge on any atom is 0.240 e. The summed E-state index contributed by atoms with van der Waals surface area (Å²) in [5.41, 5.74) is 0.560. The molecule has 0 aromatic heterocycles. The van der Waals surface area contributed by atoms with Crippen LogP contribution in [0.4, 0.5) is 5.69 Å². The Morgan fingerprint density at radius 3 is 2.13 bits per heavy atom. The number of rotatable bonds is 3. The van der Waals surface area contributed by atoms with Crippen LogP contribution in [-0.4, -0.2) is 61.4 Å². The molecule has 0 N–H and O–H groups in total. The predicted molar refractivity (Wildman–Crippen MR) is 92.3 cm³/mol. The van der Waals surface area contributed by atoms with Gasteiger partial charge in [0, 0.05) is 44.3 Å². The van der Waals surface area contributed by atoms with Crippen molar-refractivity contribution in [3.63, 3.8) is 0 Å². The number of amides is 2. The van der Waals surface area contributed by atoms with Crippen molar-refractivity contribution in [3.8, 4) is 0 Å². The van der Waals surface area contributed by atoms with Gasteiger partial charge in [-0.15, -0.1) is 0 Å². The van der Waals surface area contributed by atoms with Gasteiger partial charge in [-0.05, 0) is 12.1 Å². The summed E-state index contributed by atoms with van der Waals surface area (Å²) in [4.78, 5) is 30.4. The highest BCUT2D eigenvalue weighted by molar-refractivity contribution is 5.94. The quantitative estimate of drug-likeness (QED) is 0.854. The van der Waals surface area contributed by atoms with Gasteiger partial charge in [-0.1, -0.05) is 39.0 Å². The number of hydrogen-bond donors (Lipinski definition) is 0. The van der Waals surface area contributed by atoms with Gasteiger partial charge in [0.25, 0.3) is 0 Å². The van der Waals surface area contributed by atoms with E-state index in [1.54, 1.807) is 11.9 Å². The number of hydrogen-bond acceptors (Lipinski definition) is 3. The van der Waals surface area contributed by atoms with Crippen molar-refractivity contribution in [2.24, 2.45) is 5.41 Å². The zero-order valence-electron chi connectivity index (χ0n) is 14.6. The van der Waals surface area contributed by atoms with E-state index < -0.39 is 0 Å². The summed E-state index contributed by atoms with van der Waals surface area (Å²) >= 11 is 0. The molecule has 2 amide bonds. The highest BCUT2D eigenvalue weighted by Crippen LogP contribution is 2.19. The monoisotopic (exact) mass is 317 g/mol. The Bertz CT molecular complexity index is 543. The molecule has 0 radical (unpaired) electrons. The number of carbonyl (C=O) groups excluding carboxylic acids is 2. The third kappa shape index (κ3) is 4.55. The zero-order chi connectivity index (χ0) is 17.0. The van der Waals surface area contributed by atoms with Crippen LogP contribution < -0.4 is 4.90 Å². The molecule has 1 fully saturated rings. The van der Waals surface area contributed by atoms with Gasteiger partial charge in [-0.3, -0.25) is 14.5 Å². The summed E-state index contributed by atoms with van der Waals surface area (Å²) in [7, 11) is 1.80. The van der Waals surface area contributed by atoms with E-state index in [0.29, 0.717) is 19.6 Å². The predicted octanol–water partition coefficient (Wildman–Crippen LogP) is 1.84. The number of para-hydroxylation sites is 1. The average molecular weight is 317 g/mol. The smallest absolute Gasteiger partial charge is 0.240 e. The Balaban J connectivity index is 1.85. The number of anilines is 1. The van der Waals surface area contributed by atoms with Crippen molar-refractivity contribution in [3.05, 3.63) is 30.3 Å². The molecule has 5 heteroatoms. The molecule has 1 aromatic carbocycles. The minimum Gasteiger partial charge on any atom is -0.340 e. The largest absolute Gasteiger partial charge is 0.340 e. The summed E-state index contributed by atoms with van der Waals surface area (Å²) < 4.78 is 0. The van der Waals surface area contributed by atoms with E-state index in [1.165, 1.54) is 0 Å². The zero-order valence-corrected chi connectivity index (χ0v) is 14.6. The van der Waals surface area contributed by atoms with Gasteiger partial charge in [-0.25, -0.2) is 0 Å². The van der Waals surface area contributed by atoms with E-state index in [-0.39, 0.29) is 17.2 Å². The molecule has 0 atom stereocenters. The lowest BCUT2D eigenvalue weighted by molar-refractivity contribution is -0.141. The lowest BCUT2D eigenvalue weighted by Crippen LogP contribution is -2.53. The Labute approximate surface area is 138 Å². The molecule has 23 heavy (non-hydrogen) atoms. The molecule has 5 nitrogen and oxygen atoms in total. The minimum atomic E-state index is -0.342. The topological polar surface area (TPSA) is 43.9 Å². The van der Waals surface area contributed by atoms with E-state index in [9.17, 15) is 9.59 Å². The normalized spacial score (nSPS) is 16.3. The first-order valence-electron chi connectivity index (χ1n) is 8.12. The highest BCUT2D eigenvalue weighted by Gasteiger charge is 2.30. The molecule has 0 bridgehead atoms. The Kier molecular flexibility index (Phi) is 5.42. The second kappa shape index (κ2) is 7.13. The van der Waals surface area contributed by atoms with Crippen LogP contribution in [0.1, 0.15) is 20.8 Å². The minimum absolute atomic E-state index is 0.0757. The first-order chi connectivity index (χ1) is 10.8. The van der Waals surface area contributed by atoms with Crippen molar-refractivity contribution in [1.82, 2.24) is 9.80 Å². The second-order valence-corrected chi connectivity index (χ2v) is 7.11. The average Bonchev–Trinajstić information content (AvgIpc) is 2.54. The molecule has 0 unspecified atom stereocenters. The van der Waals surface area contributed by atoms with Crippen molar-refractivity contribution in [2.75, 3.05) is 44.7 Å². The van der Waals surface area contributed by atoms with Crippen molar-refractivity contribution in [1.29, 1.82) is 0 Å². The summed E-state index contributed by atoms with van der Waals surface area (Å²) in [5, 5.41) is 0. The van der Waals surface area contributed by atoms with Crippen molar-refractivity contribution in [2.45, 2.75) is 20.8 Å². The van der Waals surface area contributed by atoms with Crippen LogP contribution in [0.2, 0.25) is 0 Å². The fraction of sp³-hybridized carbons (Fsp3) is 0.556. The standard InChI is InChI=1S/C18H27N3O2/c1-18(2,3)17(23)21-12-10-20(11-13-21)14-16(22)19(4)15-8-6-5-7-9-15/h5-9H,10-14H2,1-4H3. The highest BCUT2D eigenvalue weighted by atomic mass is 16.2. The summed E-state index contributed by atoms with van der Waals surface area (Å²) in [6, 6.07) is 9.65. The lowest BCUT2D eigenvalue weighted by Gasteiger charge is -2.37. The number of piperazine rings is 1. The second-order valence-electron chi connectivity index (χ2n) is 7.11. The molecular weight excluding hydrogens is 290 g/mol. The first-order valence-corrected chi connectivity index (χ1v) is 8.12. The number of likely N-dealkylation sites (N-methyl/N-ethyl adjacent to an activating group) is 1. The van der Waals surface area contributed by atoms with Crippen LogP contribution in [0.5, 0.6) is 0 Å². The van der Waals surface area contributed by atoms with E-state index in [1.807, 2.05) is 56.0 Å². The first kappa shape index (κ1) is 17.5. The van der Waals surface area contributed by atoms with E-state index in [0.717, 1.165) is 18.8 Å². The Morgan fingerprint density at radius 2 is 1.61 bits per heavy atom. The maximum absolute atomic E-state index is 12.4. The maximum atomic E-state index is 12.4. The number of carbonyl (C=O) groups is 2. The van der Waals surface area contributed by atoms with Gasteiger partial charge in [0.2, 0.25) is 11.8 Å². The summed E-state index contributed by atoms with van der Waals surface area (Å²) in [6.45, 7) is 9.10. The Morgan fingerprint density at radius 1 is 1.04 bits per heavy atom. The Hall–Kier alpha value is -1.88. The van der Waals surface area contributed by atoms with Gasteiger partial charge in [0.05, 0.1) is 6.54 Å². The van der Waals surface area contributed by atoms with Crippen LogP contribution >= 0.6 is 0 Å². The van der Waals surface area contributed by atoms with Crippen LogP contribution in [0, 0.1) is 5.41 Å². The van der Waals surface area contributed by atoms with Gasteiger partial charge >= 0.3 is 0 Å². The lowest BCUT2D eigenvalue weighted by atomic mass is 9.94. The van der Waals surface area contributed by atoms with Crippen LogP contribution in [-0.2, 0) is 9.59 Å². The van der Waals surface area contributed by atoms with Gasteiger partial charge in [-0.2, -0.15) is 0 Å². The number of benzene rings is 1. The van der Waals surface area contributed by atoms with Gasteiger partial charge < -0.3 is 9.80 Å². The summed E-state index contributed by atoms with van der Waals surface area (Å²) in [6.07, 6.45) is 0. The van der Waals surface area contributed by atoms with Crippen LogP contribution in [0.25, 0.3) is 0 Å². The molecular formula is C18H27N3O2. The van der Waals surface area contributed by atoms with E-state index in [2.05, 4.69) is 4.90 Å². The van der Waals surface area contributed by atoms with Crippen molar-refractivity contribution < 1.29 is 9.59 Å². The van der Waals surface area contributed by atoms with Crippen LogP contribution in [0.15, 0.2) is 30.3 Å². The van der Waals surface area contributed by atoms with E-state index >= 15 is 0 Å². The van der Waals surface area contributed by atoms with Gasteiger partial charge in [0.1, 0.15) is 0 Å². The molecule has 1 heterocycles. The van der Waals surface area contributed by atoms with E-state index in [4.69, 9.17) is 0 Å². The molecule has 0 saturated carbocycles. The fourth-order valence-corrected chi connectivity index (χ4v) is 2.68. The van der Waals surface area contributed by atoms with Gasteiger partial charge in [0.15, 0.2) is 0 Å². The third-order valence-corrected chi connectivity index (χ3v) is 4.18. The molecule has 2 rings (SSSR count). The molecule has 1 aliphatic heterocycles. The fourth-order valence-electron chi connectivity index (χ4n) is 2.68. The molecule has 1 aliphatic rings. The molecule has 126 valence electrons. The molecule has 1 aromatic rings. The molecule has 0 spiro atoms. The third-order valence-electron chi connectivity index (χ3n) is 4.18. The SMILES string of the molecule is CN(C(=O)CN1CCN(C(=O)C(C)(C)C)CC1)c1ccccc1. The van der Waals surface area contributed by atoms with Crippen molar-refractivity contribution >= 4 is 17.5 Å².